The highest BCUT2D eigenvalue weighted by atomic mass is 19.1. The number of amides is 1. The molecule has 0 aliphatic carbocycles. The monoisotopic (exact) mass is 410 g/mol. The fourth-order valence-electron chi connectivity index (χ4n) is 3.01. The molecule has 4 aromatic rings. The molecule has 0 aliphatic rings. The summed E-state index contributed by atoms with van der Waals surface area (Å²) < 4.78 is 47.7. The number of rotatable bonds is 4. The molecule has 0 radical (unpaired) electrons. The lowest BCUT2D eigenvalue weighted by Gasteiger charge is -2.20. The van der Waals surface area contributed by atoms with E-state index in [0.29, 0.717) is 11.3 Å². The van der Waals surface area contributed by atoms with Crippen molar-refractivity contribution in [3.05, 3.63) is 78.5 Å². The van der Waals surface area contributed by atoms with Crippen molar-refractivity contribution < 1.29 is 22.5 Å². The standard InChI is InChI=1S/C21H13F3N4O2/c1-12(29)28(20-15(23)3-2-4-16(20)24)21-18(17-9-10-25-11-26-17)19(27-30-21)13-5-7-14(22)8-6-13/h2-11H,1H3. The molecule has 0 saturated heterocycles. The lowest BCUT2D eigenvalue weighted by atomic mass is 10.0. The predicted octanol–water partition coefficient (Wildman–Crippen LogP) is 4.90. The van der Waals surface area contributed by atoms with Gasteiger partial charge in [0, 0.05) is 18.7 Å². The van der Waals surface area contributed by atoms with Gasteiger partial charge in [-0.15, -0.1) is 0 Å². The van der Waals surface area contributed by atoms with Gasteiger partial charge in [-0.3, -0.25) is 4.79 Å². The molecule has 4 rings (SSSR count). The number of para-hydroxylation sites is 1. The number of anilines is 2. The summed E-state index contributed by atoms with van der Waals surface area (Å²) in [5, 5.41) is 3.98. The Kier molecular flexibility index (Phi) is 5.01. The van der Waals surface area contributed by atoms with Gasteiger partial charge in [0.05, 0.1) is 11.3 Å². The molecule has 2 aromatic carbocycles. The van der Waals surface area contributed by atoms with E-state index in [9.17, 15) is 18.0 Å². The second kappa shape index (κ2) is 7.78. The van der Waals surface area contributed by atoms with Gasteiger partial charge >= 0.3 is 0 Å². The minimum atomic E-state index is -0.960. The first-order valence-corrected chi connectivity index (χ1v) is 8.74. The first kappa shape index (κ1) is 19.3. The molecule has 2 heterocycles. The van der Waals surface area contributed by atoms with Crippen molar-refractivity contribution in [1.29, 1.82) is 0 Å². The van der Waals surface area contributed by atoms with Crippen LogP contribution in [0.15, 0.2) is 65.6 Å². The predicted molar refractivity (Wildman–Crippen MR) is 102 cm³/mol. The van der Waals surface area contributed by atoms with Crippen LogP contribution in [0, 0.1) is 17.5 Å². The summed E-state index contributed by atoms with van der Waals surface area (Å²) in [7, 11) is 0. The summed E-state index contributed by atoms with van der Waals surface area (Å²) in [5.74, 6) is -3.32. The van der Waals surface area contributed by atoms with Gasteiger partial charge in [-0.2, -0.15) is 0 Å². The number of carbonyl (C=O) groups is 1. The van der Waals surface area contributed by atoms with E-state index < -0.39 is 29.0 Å². The number of benzene rings is 2. The molecule has 0 bridgehead atoms. The van der Waals surface area contributed by atoms with E-state index >= 15 is 0 Å². The van der Waals surface area contributed by atoms with Crippen molar-refractivity contribution >= 4 is 17.5 Å². The third-order valence-corrected chi connectivity index (χ3v) is 4.31. The molecule has 0 spiro atoms. The Morgan fingerprint density at radius 3 is 2.30 bits per heavy atom. The lowest BCUT2D eigenvalue weighted by Crippen LogP contribution is -2.25. The van der Waals surface area contributed by atoms with Crippen molar-refractivity contribution in [2.75, 3.05) is 4.90 Å². The van der Waals surface area contributed by atoms with Crippen LogP contribution in [-0.2, 0) is 4.79 Å². The molecular formula is C21H13F3N4O2. The molecule has 9 heteroatoms. The van der Waals surface area contributed by atoms with E-state index in [0.717, 1.165) is 24.0 Å². The number of carbonyl (C=O) groups excluding carboxylic acids is 1. The molecule has 30 heavy (non-hydrogen) atoms. The average Bonchev–Trinajstić information content (AvgIpc) is 3.16. The average molecular weight is 410 g/mol. The Morgan fingerprint density at radius 1 is 1.00 bits per heavy atom. The van der Waals surface area contributed by atoms with E-state index in [1.165, 1.54) is 48.9 Å². The van der Waals surface area contributed by atoms with Gasteiger partial charge in [0.25, 0.3) is 0 Å². The number of hydrogen-bond acceptors (Lipinski definition) is 5. The van der Waals surface area contributed by atoms with Crippen LogP contribution >= 0.6 is 0 Å². The first-order chi connectivity index (χ1) is 14.5. The molecule has 0 unspecified atom stereocenters. The highest BCUT2D eigenvalue weighted by Crippen LogP contribution is 2.42. The molecule has 0 N–H and O–H groups in total. The summed E-state index contributed by atoms with van der Waals surface area (Å²) in [5.41, 5.74) is 0.553. The smallest absolute Gasteiger partial charge is 0.248 e. The Bertz CT molecular complexity index is 1190. The van der Waals surface area contributed by atoms with E-state index in [4.69, 9.17) is 4.52 Å². The van der Waals surface area contributed by atoms with Crippen LogP contribution in [0.1, 0.15) is 6.92 Å². The van der Waals surface area contributed by atoms with Crippen molar-refractivity contribution in [3.8, 4) is 22.5 Å². The maximum absolute atomic E-state index is 14.5. The SMILES string of the molecule is CC(=O)N(c1onc(-c2ccc(F)cc2)c1-c1ccncn1)c1c(F)cccc1F. The number of halogens is 3. The third-order valence-electron chi connectivity index (χ3n) is 4.31. The Morgan fingerprint density at radius 2 is 1.70 bits per heavy atom. The van der Waals surface area contributed by atoms with Gasteiger partial charge in [0.2, 0.25) is 11.8 Å². The Balaban J connectivity index is 2.00. The zero-order valence-electron chi connectivity index (χ0n) is 15.5. The Labute approximate surface area is 168 Å². The highest BCUT2D eigenvalue weighted by molar-refractivity contribution is 6.03. The third kappa shape index (κ3) is 3.41. The van der Waals surface area contributed by atoms with Crippen LogP contribution in [0.3, 0.4) is 0 Å². The summed E-state index contributed by atoms with van der Waals surface area (Å²) in [6, 6.07) is 10.1. The Hall–Kier alpha value is -4.01. The number of aromatic nitrogens is 3. The number of nitrogens with zero attached hydrogens (tertiary/aromatic N) is 4. The lowest BCUT2D eigenvalue weighted by molar-refractivity contribution is -0.116. The summed E-state index contributed by atoms with van der Waals surface area (Å²) in [6.45, 7) is 1.13. The minimum absolute atomic E-state index is 0.196. The van der Waals surface area contributed by atoms with Crippen LogP contribution in [0.2, 0.25) is 0 Å². The highest BCUT2D eigenvalue weighted by Gasteiger charge is 2.31. The van der Waals surface area contributed by atoms with E-state index in [-0.39, 0.29) is 17.1 Å². The fourth-order valence-corrected chi connectivity index (χ4v) is 3.01. The van der Waals surface area contributed by atoms with Crippen LogP contribution < -0.4 is 4.90 Å². The largest absolute Gasteiger partial charge is 0.336 e. The van der Waals surface area contributed by atoms with Crippen molar-refractivity contribution in [2.45, 2.75) is 6.92 Å². The first-order valence-electron chi connectivity index (χ1n) is 8.74. The van der Waals surface area contributed by atoms with Gasteiger partial charge in [0.15, 0.2) is 0 Å². The zero-order valence-corrected chi connectivity index (χ0v) is 15.5. The van der Waals surface area contributed by atoms with Crippen molar-refractivity contribution in [1.82, 2.24) is 15.1 Å². The van der Waals surface area contributed by atoms with E-state index in [1.54, 1.807) is 0 Å². The maximum Gasteiger partial charge on any atom is 0.248 e. The molecule has 6 nitrogen and oxygen atoms in total. The second-order valence-corrected chi connectivity index (χ2v) is 6.24. The molecule has 2 aromatic heterocycles. The zero-order chi connectivity index (χ0) is 21.3. The molecule has 0 saturated carbocycles. The van der Waals surface area contributed by atoms with Gasteiger partial charge < -0.3 is 4.52 Å². The summed E-state index contributed by atoms with van der Waals surface area (Å²) in [6.07, 6.45) is 2.72. The molecule has 0 aliphatic heterocycles. The van der Waals surface area contributed by atoms with Crippen LogP contribution in [0.25, 0.3) is 22.5 Å². The topological polar surface area (TPSA) is 72.1 Å². The number of hydrogen-bond donors (Lipinski definition) is 0. The van der Waals surface area contributed by atoms with E-state index in [1.807, 2.05) is 0 Å². The van der Waals surface area contributed by atoms with E-state index in [2.05, 4.69) is 15.1 Å². The second-order valence-electron chi connectivity index (χ2n) is 6.24. The van der Waals surface area contributed by atoms with Crippen LogP contribution in [-0.4, -0.2) is 21.0 Å². The van der Waals surface area contributed by atoms with Gasteiger partial charge in [-0.1, -0.05) is 11.2 Å². The van der Waals surface area contributed by atoms with Gasteiger partial charge in [-0.05, 0) is 42.5 Å². The molecule has 150 valence electrons. The fraction of sp³-hybridized carbons (Fsp3) is 0.0476. The maximum atomic E-state index is 14.5. The van der Waals surface area contributed by atoms with Gasteiger partial charge in [0.1, 0.15) is 35.2 Å². The quantitative estimate of drug-likeness (QED) is 0.479. The summed E-state index contributed by atoms with van der Waals surface area (Å²) >= 11 is 0. The molecule has 1 amide bonds. The normalized spacial score (nSPS) is 10.8. The van der Waals surface area contributed by atoms with Crippen molar-refractivity contribution in [3.63, 3.8) is 0 Å². The molecule has 0 fully saturated rings. The van der Waals surface area contributed by atoms with Gasteiger partial charge in [-0.25, -0.2) is 28.0 Å². The molecular weight excluding hydrogens is 397 g/mol. The molecule has 0 atom stereocenters. The minimum Gasteiger partial charge on any atom is -0.336 e. The summed E-state index contributed by atoms with van der Waals surface area (Å²) in [4.78, 5) is 21.2. The van der Waals surface area contributed by atoms with Crippen LogP contribution in [0.5, 0.6) is 0 Å². The van der Waals surface area contributed by atoms with Crippen molar-refractivity contribution in [2.24, 2.45) is 0 Å². The van der Waals surface area contributed by atoms with Crippen LogP contribution in [0.4, 0.5) is 24.7 Å².